The Morgan fingerprint density at radius 3 is 2.68 bits per heavy atom. The molecular weight excluding hydrogens is 276 g/mol. The second-order valence-electron chi connectivity index (χ2n) is 7.29. The van der Waals surface area contributed by atoms with E-state index in [0.717, 1.165) is 37.3 Å². The number of aromatic nitrogens is 2. The van der Waals surface area contributed by atoms with Crippen LogP contribution in [0.15, 0.2) is 0 Å². The summed E-state index contributed by atoms with van der Waals surface area (Å²) in [6, 6.07) is 0.293. The quantitative estimate of drug-likeness (QED) is 0.918. The first kappa shape index (κ1) is 15.5. The zero-order chi connectivity index (χ0) is 16.0. The third-order valence-corrected chi connectivity index (χ3v) is 5.81. The minimum Gasteiger partial charge on any atom is -0.342 e. The van der Waals surface area contributed by atoms with Gasteiger partial charge in [-0.25, -0.2) is 0 Å². The normalized spacial score (nSPS) is 29.0. The van der Waals surface area contributed by atoms with Crippen molar-refractivity contribution in [1.82, 2.24) is 14.7 Å². The van der Waals surface area contributed by atoms with Gasteiger partial charge in [0.2, 0.25) is 5.91 Å². The van der Waals surface area contributed by atoms with Gasteiger partial charge in [0.25, 0.3) is 0 Å². The molecular formula is C17H28N4O. The monoisotopic (exact) mass is 304 g/mol. The van der Waals surface area contributed by atoms with Crippen LogP contribution in [0.5, 0.6) is 0 Å². The lowest BCUT2D eigenvalue weighted by molar-refractivity contribution is -0.134. The third kappa shape index (κ3) is 2.56. The summed E-state index contributed by atoms with van der Waals surface area (Å²) in [5.41, 5.74) is 9.60. The minimum atomic E-state index is 0.0108. The standard InChI is InChI=1S/C17H28N4O/c1-10(7-14-11(2)19-20(4)12(14)3)17(22)21-8-13-5-6-16(18)15(13)9-21/h10,13,15-16H,5-9,18H2,1-4H3. The number of rotatable bonds is 3. The fourth-order valence-electron chi connectivity index (χ4n) is 4.31. The Morgan fingerprint density at radius 2 is 2.09 bits per heavy atom. The maximum Gasteiger partial charge on any atom is 0.225 e. The first-order valence-corrected chi connectivity index (χ1v) is 8.42. The van der Waals surface area contributed by atoms with Gasteiger partial charge in [-0.3, -0.25) is 9.48 Å². The molecule has 5 heteroatoms. The van der Waals surface area contributed by atoms with E-state index in [1.165, 1.54) is 12.0 Å². The average Bonchev–Trinajstić information content (AvgIpc) is 3.10. The third-order valence-electron chi connectivity index (χ3n) is 5.81. The van der Waals surface area contributed by atoms with Gasteiger partial charge >= 0.3 is 0 Å². The van der Waals surface area contributed by atoms with Gasteiger partial charge in [-0.1, -0.05) is 6.92 Å². The van der Waals surface area contributed by atoms with E-state index >= 15 is 0 Å². The van der Waals surface area contributed by atoms with E-state index in [1.807, 2.05) is 25.6 Å². The summed E-state index contributed by atoms with van der Waals surface area (Å²) in [4.78, 5) is 14.8. The van der Waals surface area contributed by atoms with E-state index in [9.17, 15) is 4.79 Å². The Hall–Kier alpha value is -1.36. The molecule has 1 saturated carbocycles. The molecule has 3 rings (SSSR count). The summed E-state index contributed by atoms with van der Waals surface area (Å²) in [6.07, 6.45) is 3.09. The van der Waals surface area contributed by atoms with Crippen molar-refractivity contribution in [2.24, 2.45) is 30.5 Å². The lowest BCUT2D eigenvalue weighted by atomic mass is 9.98. The zero-order valence-electron chi connectivity index (χ0n) is 14.2. The molecule has 122 valence electrons. The maximum absolute atomic E-state index is 12.8. The van der Waals surface area contributed by atoms with Gasteiger partial charge in [-0.2, -0.15) is 5.10 Å². The Balaban J connectivity index is 1.65. The van der Waals surface area contributed by atoms with Crippen LogP contribution < -0.4 is 5.73 Å². The summed E-state index contributed by atoms with van der Waals surface area (Å²) in [6.45, 7) is 7.92. The Morgan fingerprint density at radius 1 is 1.36 bits per heavy atom. The molecule has 1 aromatic rings. The summed E-state index contributed by atoms with van der Waals surface area (Å²) >= 11 is 0. The molecule has 1 aromatic heterocycles. The molecule has 22 heavy (non-hydrogen) atoms. The first-order valence-electron chi connectivity index (χ1n) is 8.42. The van der Waals surface area contributed by atoms with Gasteiger partial charge in [-0.15, -0.1) is 0 Å². The molecule has 2 heterocycles. The number of fused-ring (bicyclic) bond motifs is 1. The zero-order valence-corrected chi connectivity index (χ0v) is 14.2. The second kappa shape index (κ2) is 5.69. The predicted molar refractivity (Wildman–Crippen MR) is 86.3 cm³/mol. The van der Waals surface area contributed by atoms with Crippen molar-refractivity contribution in [3.05, 3.63) is 17.0 Å². The van der Waals surface area contributed by atoms with Crippen molar-refractivity contribution in [2.45, 2.75) is 46.1 Å². The van der Waals surface area contributed by atoms with Gasteiger partial charge in [0.05, 0.1) is 5.69 Å². The number of carbonyl (C=O) groups is 1. The topological polar surface area (TPSA) is 64.2 Å². The highest BCUT2D eigenvalue weighted by Crippen LogP contribution is 2.37. The highest BCUT2D eigenvalue weighted by molar-refractivity contribution is 5.79. The molecule has 0 aromatic carbocycles. The number of nitrogens with zero attached hydrogens (tertiary/aromatic N) is 3. The van der Waals surface area contributed by atoms with Crippen LogP contribution in [0.25, 0.3) is 0 Å². The van der Waals surface area contributed by atoms with Crippen molar-refractivity contribution in [1.29, 1.82) is 0 Å². The molecule has 0 bridgehead atoms. The molecule has 2 aliphatic rings. The SMILES string of the molecule is Cc1nn(C)c(C)c1CC(C)C(=O)N1CC2CCC(N)C2C1. The fourth-order valence-corrected chi connectivity index (χ4v) is 4.31. The number of carbonyl (C=O) groups excluding carboxylic acids is 1. The van der Waals surface area contributed by atoms with Crippen LogP contribution in [-0.4, -0.2) is 39.7 Å². The van der Waals surface area contributed by atoms with E-state index < -0.39 is 0 Å². The molecule has 4 atom stereocenters. The largest absolute Gasteiger partial charge is 0.342 e. The van der Waals surface area contributed by atoms with Crippen molar-refractivity contribution in [2.75, 3.05) is 13.1 Å². The molecule has 1 saturated heterocycles. The van der Waals surface area contributed by atoms with Crippen LogP contribution in [0.1, 0.15) is 36.7 Å². The average molecular weight is 304 g/mol. The Kier molecular flexibility index (Phi) is 4.02. The van der Waals surface area contributed by atoms with Gasteiger partial charge in [-0.05, 0) is 50.5 Å². The van der Waals surface area contributed by atoms with E-state index in [0.29, 0.717) is 17.9 Å². The summed E-state index contributed by atoms with van der Waals surface area (Å²) < 4.78 is 1.90. The maximum atomic E-state index is 12.8. The van der Waals surface area contributed by atoms with Gasteiger partial charge in [0.15, 0.2) is 0 Å². The van der Waals surface area contributed by atoms with Gasteiger partial charge in [0, 0.05) is 37.8 Å². The lowest BCUT2D eigenvalue weighted by Crippen LogP contribution is -2.37. The predicted octanol–water partition coefficient (Wildman–Crippen LogP) is 1.41. The highest BCUT2D eigenvalue weighted by atomic mass is 16.2. The molecule has 4 unspecified atom stereocenters. The molecule has 2 fully saturated rings. The Bertz CT molecular complexity index is 579. The van der Waals surface area contributed by atoms with E-state index in [2.05, 4.69) is 16.9 Å². The fraction of sp³-hybridized carbons (Fsp3) is 0.765. The van der Waals surface area contributed by atoms with Crippen LogP contribution in [0.4, 0.5) is 0 Å². The number of likely N-dealkylation sites (tertiary alicyclic amines) is 1. The van der Waals surface area contributed by atoms with Crippen LogP contribution in [0.2, 0.25) is 0 Å². The number of hydrogen-bond acceptors (Lipinski definition) is 3. The highest BCUT2D eigenvalue weighted by Gasteiger charge is 2.43. The van der Waals surface area contributed by atoms with E-state index in [1.54, 1.807) is 0 Å². The van der Waals surface area contributed by atoms with Gasteiger partial charge < -0.3 is 10.6 Å². The van der Waals surface area contributed by atoms with Crippen LogP contribution in [-0.2, 0) is 18.3 Å². The molecule has 0 spiro atoms. The molecule has 1 aliphatic carbocycles. The summed E-state index contributed by atoms with van der Waals surface area (Å²) in [7, 11) is 1.96. The minimum absolute atomic E-state index is 0.0108. The van der Waals surface area contributed by atoms with Crippen LogP contribution >= 0.6 is 0 Å². The number of hydrogen-bond donors (Lipinski definition) is 1. The molecule has 2 N–H and O–H groups in total. The van der Waals surface area contributed by atoms with Crippen LogP contribution in [0.3, 0.4) is 0 Å². The van der Waals surface area contributed by atoms with Crippen molar-refractivity contribution >= 4 is 5.91 Å². The van der Waals surface area contributed by atoms with E-state index in [4.69, 9.17) is 5.73 Å². The summed E-state index contributed by atoms with van der Waals surface area (Å²) in [5.74, 6) is 1.45. The van der Waals surface area contributed by atoms with Crippen molar-refractivity contribution in [3.63, 3.8) is 0 Å². The first-order chi connectivity index (χ1) is 10.4. The van der Waals surface area contributed by atoms with Crippen molar-refractivity contribution < 1.29 is 4.79 Å². The molecule has 1 aliphatic heterocycles. The van der Waals surface area contributed by atoms with Crippen LogP contribution in [0, 0.1) is 31.6 Å². The van der Waals surface area contributed by atoms with Gasteiger partial charge in [0.1, 0.15) is 0 Å². The summed E-state index contributed by atoms with van der Waals surface area (Å²) in [5, 5.41) is 4.45. The Labute approximate surface area is 132 Å². The second-order valence-corrected chi connectivity index (χ2v) is 7.29. The van der Waals surface area contributed by atoms with Crippen molar-refractivity contribution in [3.8, 4) is 0 Å². The smallest absolute Gasteiger partial charge is 0.225 e. The molecule has 1 amide bonds. The number of amides is 1. The lowest BCUT2D eigenvalue weighted by Gasteiger charge is -2.22. The molecule has 5 nitrogen and oxygen atoms in total. The number of aryl methyl sites for hydroxylation is 2. The molecule has 0 radical (unpaired) electrons. The van der Waals surface area contributed by atoms with E-state index in [-0.39, 0.29) is 11.8 Å². The number of nitrogens with two attached hydrogens (primary N) is 1.